The normalized spacial score (nSPS) is 11.9. The molecule has 7 nitrogen and oxygen atoms in total. The molecule has 0 saturated carbocycles. The average Bonchev–Trinajstić information content (AvgIpc) is 2.34. The van der Waals surface area contributed by atoms with Crippen molar-refractivity contribution in [2.45, 2.75) is 19.9 Å². The van der Waals surface area contributed by atoms with E-state index in [-0.39, 0.29) is 18.5 Å². The van der Waals surface area contributed by atoms with Gasteiger partial charge in [0.2, 0.25) is 0 Å². The van der Waals surface area contributed by atoms with Gasteiger partial charge in [-0.15, -0.1) is 0 Å². The molecule has 0 fully saturated rings. The fourth-order valence-electron chi connectivity index (χ4n) is 1.49. The standard InChI is InChI=1S/C10H17N5O2/c1-7(2)15(5-6-16)10-8(9(11)14-17)12-3-4-13-10/h3-4,7,16-17H,5-6H2,1-2H3,(H2,11,14). The third-order valence-corrected chi connectivity index (χ3v) is 2.27. The van der Waals surface area contributed by atoms with E-state index in [0.717, 1.165) is 0 Å². The van der Waals surface area contributed by atoms with E-state index in [0.29, 0.717) is 18.1 Å². The molecule has 0 spiro atoms. The molecule has 7 heteroatoms. The van der Waals surface area contributed by atoms with E-state index < -0.39 is 0 Å². The number of hydrogen-bond acceptors (Lipinski definition) is 6. The van der Waals surface area contributed by atoms with Crippen molar-refractivity contribution in [2.75, 3.05) is 18.1 Å². The van der Waals surface area contributed by atoms with E-state index in [1.54, 1.807) is 0 Å². The lowest BCUT2D eigenvalue weighted by Gasteiger charge is -2.27. The number of nitrogens with two attached hydrogens (primary N) is 1. The van der Waals surface area contributed by atoms with Gasteiger partial charge in [-0.3, -0.25) is 0 Å². The average molecular weight is 239 g/mol. The summed E-state index contributed by atoms with van der Waals surface area (Å²) in [7, 11) is 0. The number of anilines is 1. The predicted molar refractivity (Wildman–Crippen MR) is 64.1 cm³/mol. The Balaban J connectivity index is 3.18. The van der Waals surface area contributed by atoms with E-state index in [1.165, 1.54) is 12.4 Å². The third-order valence-electron chi connectivity index (χ3n) is 2.27. The molecule has 1 rings (SSSR count). The Bertz CT molecular complexity index is 394. The largest absolute Gasteiger partial charge is 0.409 e. The summed E-state index contributed by atoms with van der Waals surface area (Å²) >= 11 is 0. The van der Waals surface area contributed by atoms with E-state index >= 15 is 0 Å². The SMILES string of the molecule is CC(C)N(CCO)c1nccnc1/C(N)=N/O. The van der Waals surface area contributed by atoms with Crippen LogP contribution < -0.4 is 10.6 Å². The van der Waals surface area contributed by atoms with Crippen molar-refractivity contribution in [1.82, 2.24) is 9.97 Å². The summed E-state index contributed by atoms with van der Waals surface area (Å²) in [5.41, 5.74) is 5.84. The van der Waals surface area contributed by atoms with Crippen molar-refractivity contribution in [1.29, 1.82) is 0 Å². The van der Waals surface area contributed by atoms with Crippen LogP contribution in [0.4, 0.5) is 5.82 Å². The molecular weight excluding hydrogens is 222 g/mol. The van der Waals surface area contributed by atoms with Gasteiger partial charge in [0, 0.05) is 25.0 Å². The van der Waals surface area contributed by atoms with Crippen LogP contribution in [0.1, 0.15) is 19.5 Å². The number of hydrogen-bond donors (Lipinski definition) is 3. The van der Waals surface area contributed by atoms with Crippen LogP contribution in [-0.4, -0.2) is 45.3 Å². The van der Waals surface area contributed by atoms with Gasteiger partial charge < -0.3 is 20.9 Å². The molecule has 0 unspecified atom stereocenters. The first-order valence-corrected chi connectivity index (χ1v) is 5.28. The molecule has 1 heterocycles. The van der Waals surface area contributed by atoms with E-state index in [1.807, 2.05) is 18.7 Å². The molecule has 0 radical (unpaired) electrons. The topological polar surface area (TPSA) is 108 Å². The molecule has 0 amide bonds. The molecule has 1 aromatic rings. The molecule has 17 heavy (non-hydrogen) atoms. The minimum absolute atomic E-state index is 0.00956. The molecular formula is C10H17N5O2. The smallest absolute Gasteiger partial charge is 0.192 e. The molecule has 0 aliphatic rings. The molecule has 94 valence electrons. The van der Waals surface area contributed by atoms with Crippen molar-refractivity contribution in [3.63, 3.8) is 0 Å². The minimum Gasteiger partial charge on any atom is -0.409 e. The first-order valence-electron chi connectivity index (χ1n) is 5.28. The number of oxime groups is 1. The number of aromatic nitrogens is 2. The summed E-state index contributed by atoms with van der Waals surface area (Å²) in [6.07, 6.45) is 2.99. The van der Waals surface area contributed by atoms with Gasteiger partial charge in [0.1, 0.15) is 0 Å². The molecule has 0 atom stereocenters. The van der Waals surface area contributed by atoms with Gasteiger partial charge >= 0.3 is 0 Å². The van der Waals surface area contributed by atoms with E-state index in [9.17, 15) is 0 Å². The summed E-state index contributed by atoms with van der Waals surface area (Å²) in [6, 6.07) is 0.115. The molecule has 0 aliphatic heterocycles. The fourth-order valence-corrected chi connectivity index (χ4v) is 1.49. The highest BCUT2D eigenvalue weighted by Crippen LogP contribution is 2.17. The quantitative estimate of drug-likeness (QED) is 0.284. The van der Waals surface area contributed by atoms with Crippen LogP contribution in [0.2, 0.25) is 0 Å². The molecule has 0 aliphatic carbocycles. The maximum Gasteiger partial charge on any atom is 0.192 e. The maximum absolute atomic E-state index is 9.03. The van der Waals surface area contributed by atoms with Crippen molar-refractivity contribution in [3.8, 4) is 0 Å². The van der Waals surface area contributed by atoms with Crippen LogP contribution in [0.5, 0.6) is 0 Å². The van der Waals surface area contributed by atoms with Crippen LogP contribution in [0, 0.1) is 0 Å². The first kappa shape index (κ1) is 13.2. The van der Waals surface area contributed by atoms with Gasteiger partial charge in [0.15, 0.2) is 17.3 Å². The predicted octanol–water partition coefficient (Wildman–Crippen LogP) is -0.222. The summed E-state index contributed by atoms with van der Waals surface area (Å²) in [5.74, 6) is 0.392. The van der Waals surface area contributed by atoms with Crippen LogP contribution in [0.15, 0.2) is 17.5 Å². The minimum atomic E-state index is -0.100. The zero-order valence-electron chi connectivity index (χ0n) is 9.91. The number of amidine groups is 1. The van der Waals surface area contributed by atoms with Gasteiger partial charge in [0.25, 0.3) is 0 Å². The Morgan fingerprint density at radius 3 is 2.65 bits per heavy atom. The second kappa shape index (κ2) is 6.00. The summed E-state index contributed by atoms with van der Waals surface area (Å²) in [4.78, 5) is 10.0. The van der Waals surface area contributed by atoms with Crippen LogP contribution >= 0.6 is 0 Å². The Morgan fingerprint density at radius 2 is 2.12 bits per heavy atom. The van der Waals surface area contributed by atoms with Crippen molar-refractivity contribution < 1.29 is 10.3 Å². The number of aliphatic hydroxyl groups excluding tert-OH is 1. The maximum atomic E-state index is 9.03. The summed E-state index contributed by atoms with van der Waals surface area (Å²) < 4.78 is 0. The van der Waals surface area contributed by atoms with Crippen LogP contribution in [-0.2, 0) is 0 Å². The van der Waals surface area contributed by atoms with Gasteiger partial charge in [-0.05, 0) is 13.8 Å². The highest BCUT2D eigenvalue weighted by molar-refractivity contribution is 5.99. The van der Waals surface area contributed by atoms with Gasteiger partial charge in [-0.2, -0.15) is 0 Å². The number of aliphatic hydroxyl groups is 1. The molecule has 4 N–H and O–H groups in total. The zero-order valence-corrected chi connectivity index (χ0v) is 9.91. The van der Waals surface area contributed by atoms with Crippen LogP contribution in [0.3, 0.4) is 0 Å². The molecule has 0 bridgehead atoms. The second-order valence-electron chi connectivity index (χ2n) is 3.72. The number of nitrogens with zero attached hydrogens (tertiary/aromatic N) is 4. The third kappa shape index (κ3) is 3.04. The summed E-state index contributed by atoms with van der Waals surface area (Å²) in [5, 5.41) is 20.6. The van der Waals surface area contributed by atoms with E-state index in [2.05, 4.69) is 15.1 Å². The second-order valence-corrected chi connectivity index (χ2v) is 3.72. The molecule has 0 saturated heterocycles. The van der Waals surface area contributed by atoms with E-state index in [4.69, 9.17) is 16.0 Å². The summed E-state index contributed by atoms with van der Waals surface area (Å²) in [6.45, 7) is 4.31. The Labute approximate surface area is 99.6 Å². The number of rotatable bonds is 5. The first-order chi connectivity index (χ1) is 8.11. The van der Waals surface area contributed by atoms with Gasteiger partial charge in [-0.25, -0.2) is 9.97 Å². The van der Waals surface area contributed by atoms with Crippen molar-refractivity contribution >= 4 is 11.7 Å². The zero-order chi connectivity index (χ0) is 12.8. The van der Waals surface area contributed by atoms with Crippen molar-refractivity contribution in [3.05, 3.63) is 18.1 Å². The van der Waals surface area contributed by atoms with Gasteiger partial charge in [0.05, 0.1) is 6.61 Å². The highest BCUT2D eigenvalue weighted by Gasteiger charge is 2.18. The lowest BCUT2D eigenvalue weighted by Crippen LogP contribution is -2.36. The van der Waals surface area contributed by atoms with Crippen molar-refractivity contribution in [2.24, 2.45) is 10.9 Å². The lowest BCUT2D eigenvalue weighted by molar-refractivity contribution is 0.298. The monoisotopic (exact) mass is 239 g/mol. The Kier molecular flexibility index (Phi) is 4.65. The Morgan fingerprint density at radius 1 is 1.47 bits per heavy atom. The highest BCUT2D eigenvalue weighted by atomic mass is 16.4. The lowest BCUT2D eigenvalue weighted by atomic mass is 10.2. The molecule has 0 aromatic carbocycles. The van der Waals surface area contributed by atoms with Gasteiger partial charge in [-0.1, -0.05) is 5.16 Å². The molecule has 1 aromatic heterocycles. The fraction of sp³-hybridized carbons (Fsp3) is 0.500. The van der Waals surface area contributed by atoms with Crippen LogP contribution in [0.25, 0.3) is 0 Å². The Hall–Kier alpha value is -1.89.